The van der Waals surface area contributed by atoms with Gasteiger partial charge in [0.25, 0.3) is 5.69 Å². The lowest BCUT2D eigenvalue weighted by molar-refractivity contribution is -0.384. The Balaban J connectivity index is 1.68. The van der Waals surface area contributed by atoms with Gasteiger partial charge in [-0.15, -0.1) is 0 Å². The minimum Gasteiger partial charge on any atom is -0.493 e. The molecule has 3 aromatic carbocycles. The van der Waals surface area contributed by atoms with Crippen molar-refractivity contribution < 1.29 is 14.4 Å². The number of aryl methyl sites for hydroxylation is 1. The number of anilines is 1. The molecule has 0 saturated heterocycles. The van der Waals surface area contributed by atoms with Crippen molar-refractivity contribution in [3.05, 3.63) is 91.9 Å². The summed E-state index contributed by atoms with van der Waals surface area (Å²) in [6, 6.07) is 17.8. The number of halogens is 1. The fourth-order valence-electron chi connectivity index (χ4n) is 2.60. The van der Waals surface area contributed by atoms with Crippen LogP contribution >= 0.6 is 15.9 Å². The van der Waals surface area contributed by atoms with Gasteiger partial charge in [-0.25, -0.2) is 0 Å². The predicted octanol–water partition coefficient (Wildman–Crippen LogP) is 5.70. The molecule has 1 N–H and O–H groups in total. The third-order valence-electron chi connectivity index (χ3n) is 4.27. The summed E-state index contributed by atoms with van der Waals surface area (Å²) in [6.07, 6.45) is 1.62. The lowest BCUT2D eigenvalue weighted by Crippen LogP contribution is -1.99. The molecule has 0 atom stereocenters. The molecule has 0 bridgehead atoms. The average molecular weight is 470 g/mol. The fourth-order valence-corrected chi connectivity index (χ4v) is 3.03. The van der Waals surface area contributed by atoms with Gasteiger partial charge >= 0.3 is 0 Å². The van der Waals surface area contributed by atoms with Crippen LogP contribution in [-0.4, -0.2) is 18.2 Å². The zero-order valence-corrected chi connectivity index (χ0v) is 18.0. The number of nitrogens with zero attached hydrogens (tertiary/aromatic N) is 2. The molecule has 0 aliphatic carbocycles. The number of hydrogen-bond donors (Lipinski definition) is 1. The molecule has 0 radical (unpaired) electrons. The van der Waals surface area contributed by atoms with Gasteiger partial charge in [0.1, 0.15) is 6.61 Å². The quantitative estimate of drug-likeness (QED) is 0.259. The van der Waals surface area contributed by atoms with E-state index < -0.39 is 4.92 Å². The smallest absolute Gasteiger partial charge is 0.269 e. The van der Waals surface area contributed by atoms with Crippen molar-refractivity contribution in [1.29, 1.82) is 0 Å². The Morgan fingerprint density at radius 2 is 1.80 bits per heavy atom. The molecule has 0 unspecified atom stereocenters. The number of nitro groups is 1. The summed E-state index contributed by atoms with van der Waals surface area (Å²) in [7, 11) is 1.58. The van der Waals surface area contributed by atoms with E-state index in [-0.39, 0.29) is 5.69 Å². The number of ether oxygens (including phenoxy) is 2. The summed E-state index contributed by atoms with van der Waals surface area (Å²) in [6.45, 7) is 2.47. The van der Waals surface area contributed by atoms with E-state index in [1.54, 1.807) is 25.5 Å². The SMILES string of the molecule is COc1cc(/C=N/Nc2ccc([N+](=O)[O-])cc2)c(Br)cc1OCc1ccc(C)cc1. The van der Waals surface area contributed by atoms with Crippen LogP contribution in [0.1, 0.15) is 16.7 Å². The van der Waals surface area contributed by atoms with Crippen molar-refractivity contribution in [2.45, 2.75) is 13.5 Å². The molecule has 8 heteroatoms. The van der Waals surface area contributed by atoms with Gasteiger partial charge in [0, 0.05) is 22.2 Å². The summed E-state index contributed by atoms with van der Waals surface area (Å²) < 4.78 is 12.2. The molecule has 0 aliphatic rings. The fraction of sp³-hybridized carbons (Fsp3) is 0.136. The predicted molar refractivity (Wildman–Crippen MR) is 121 cm³/mol. The number of rotatable bonds is 8. The van der Waals surface area contributed by atoms with E-state index in [0.717, 1.165) is 15.6 Å². The number of methoxy groups -OCH3 is 1. The Morgan fingerprint density at radius 3 is 2.43 bits per heavy atom. The van der Waals surface area contributed by atoms with Gasteiger partial charge in [-0.2, -0.15) is 5.10 Å². The molecule has 0 heterocycles. The minimum absolute atomic E-state index is 0.0261. The Kier molecular flexibility index (Phi) is 7.03. The van der Waals surface area contributed by atoms with Crippen LogP contribution in [0.2, 0.25) is 0 Å². The van der Waals surface area contributed by atoms with Gasteiger partial charge in [0.05, 0.1) is 23.9 Å². The maximum atomic E-state index is 10.7. The summed E-state index contributed by atoms with van der Waals surface area (Å²) in [4.78, 5) is 10.3. The second-order valence-corrected chi connectivity index (χ2v) is 7.33. The largest absolute Gasteiger partial charge is 0.493 e. The van der Waals surface area contributed by atoms with Crippen molar-refractivity contribution in [3.63, 3.8) is 0 Å². The van der Waals surface area contributed by atoms with E-state index in [1.165, 1.54) is 17.7 Å². The van der Waals surface area contributed by atoms with Crippen LogP contribution in [0.5, 0.6) is 11.5 Å². The first-order valence-corrected chi connectivity index (χ1v) is 9.85. The molecular weight excluding hydrogens is 450 g/mol. The van der Waals surface area contributed by atoms with Gasteiger partial charge in [0.15, 0.2) is 11.5 Å². The van der Waals surface area contributed by atoms with Crippen molar-refractivity contribution in [2.75, 3.05) is 12.5 Å². The van der Waals surface area contributed by atoms with Crippen molar-refractivity contribution in [1.82, 2.24) is 0 Å². The molecule has 3 aromatic rings. The normalized spacial score (nSPS) is 10.8. The molecule has 0 fully saturated rings. The van der Waals surface area contributed by atoms with E-state index >= 15 is 0 Å². The van der Waals surface area contributed by atoms with Gasteiger partial charge in [0.2, 0.25) is 0 Å². The number of nitrogens with one attached hydrogen (secondary N) is 1. The van der Waals surface area contributed by atoms with Crippen molar-refractivity contribution in [3.8, 4) is 11.5 Å². The van der Waals surface area contributed by atoms with E-state index in [9.17, 15) is 10.1 Å². The van der Waals surface area contributed by atoms with Crippen molar-refractivity contribution >= 4 is 33.5 Å². The van der Waals surface area contributed by atoms with Gasteiger partial charge < -0.3 is 9.47 Å². The summed E-state index contributed by atoms with van der Waals surface area (Å²) in [5, 5.41) is 14.9. The average Bonchev–Trinajstić information content (AvgIpc) is 2.75. The van der Waals surface area contributed by atoms with Crippen LogP contribution < -0.4 is 14.9 Å². The first-order valence-electron chi connectivity index (χ1n) is 9.05. The summed E-state index contributed by atoms with van der Waals surface area (Å²) >= 11 is 3.53. The molecule has 0 aliphatic heterocycles. The highest BCUT2D eigenvalue weighted by Gasteiger charge is 2.10. The standard InChI is InChI=1S/C22H20BrN3O4/c1-15-3-5-16(6-4-15)14-30-22-12-20(23)17(11-21(22)29-2)13-24-25-18-7-9-19(10-8-18)26(27)28/h3-13,25H,14H2,1-2H3/b24-13+. The first kappa shape index (κ1) is 21.3. The van der Waals surface area contributed by atoms with Crippen LogP contribution in [0, 0.1) is 17.0 Å². The van der Waals surface area contributed by atoms with E-state index in [1.807, 2.05) is 43.3 Å². The van der Waals surface area contributed by atoms with Crippen molar-refractivity contribution in [2.24, 2.45) is 5.10 Å². The lowest BCUT2D eigenvalue weighted by Gasteiger charge is -2.13. The second-order valence-electron chi connectivity index (χ2n) is 6.47. The van der Waals surface area contributed by atoms with E-state index in [4.69, 9.17) is 9.47 Å². The van der Waals surface area contributed by atoms with E-state index in [2.05, 4.69) is 26.5 Å². The minimum atomic E-state index is -0.446. The molecule has 7 nitrogen and oxygen atoms in total. The lowest BCUT2D eigenvalue weighted by atomic mass is 10.2. The highest BCUT2D eigenvalue weighted by Crippen LogP contribution is 2.33. The number of hydrazone groups is 1. The van der Waals surface area contributed by atoms with Gasteiger partial charge in [-0.1, -0.05) is 29.8 Å². The first-order chi connectivity index (χ1) is 14.5. The third kappa shape index (κ3) is 5.57. The number of benzene rings is 3. The van der Waals surface area contributed by atoms with Crippen LogP contribution in [0.15, 0.2) is 70.2 Å². The zero-order chi connectivity index (χ0) is 21.5. The molecule has 0 spiro atoms. The van der Waals surface area contributed by atoms with Crippen LogP contribution in [-0.2, 0) is 6.61 Å². The monoisotopic (exact) mass is 469 g/mol. The molecule has 0 amide bonds. The van der Waals surface area contributed by atoms with Crippen LogP contribution in [0.3, 0.4) is 0 Å². The number of hydrogen-bond acceptors (Lipinski definition) is 6. The molecule has 0 aromatic heterocycles. The van der Waals surface area contributed by atoms with Gasteiger partial charge in [-0.3, -0.25) is 15.5 Å². The zero-order valence-electron chi connectivity index (χ0n) is 16.5. The maximum absolute atomic E-state index is 10.7. The van der Waals surface area contributed by atoms with Crippen LogP contribution in [0.25, 0.3) is 0 Å². The summed E-state index contributed by atoms with van der Waals surface area (Å²) in [5.41, 5.74) is 6.55. The topological polar surface area (TPSA) is 86.0 Å². The number of non-ortho nitro benzene ring substituents is 1. The molecule has 0 saturated carbocycles. The number of nitro benzene ring substituents is 1. The Hall–Kier alpha value is -3.39. The molecular formula is C22H20BrN3O4. The molecule has 154 valence electrons. The molecule has 30 heavy (non-hydrogen) atoms. The Bertz CT molecular complexity index is 1050. The Labute approximate surface area is 182 Å². The highest BCUT2D eigenvalue weighted by atomic mass is 79.9. The molecule has 3 rings (SSSR count). The van der Waals surface area contributed by atoms with Gasteiger partial charge in [-0.05, 0) is 52.7 Å². The highest BCUT2D eigenvalue weighted by molar-refractivity contribution is 9.10. The third-order valence-corrected chi connectivity index (χ3v) is 4.96. The van der Waals surface area contributed by atoms with E-state index in [0.29, 0.717) is 23.8 Å². The second kappa shape index (κ2) is 9.89. The Morgan fingerprint density at radius 1 is 1.10 bits per heavy atom. The maximum Gasteiger partial charge on any atom is 0.269 e. The van der Waals surface area contributed by atoms with Crippen LogP contribution in [0.4, 0.5) is 11.4 Å². The summed E-state index contributed by atoms with van der Waals surface area (Å²) in [5.74, 6) is 1.20.